The smallest absolute Gasteiger partial charge is 0.0902 e. The molecule has 0 radical (unpaired) electrons. The van der Waals surface area contributed by atoms with Gasteiger partial charge in [0.15, 0.2) is 0 Å². The fourth-order valence-electron chi connectivity index (χ4n) is 1.84. The van der Waals surface area contributed by atoms with Crippen molar-refractivity contribution in [1.82, 2.24) is 4.90 Å². The molecule has 2 heteroatoms. The molecule has 0 unspecified atom stereocenters. The third kappa shape index (κ3) is 1.81. The van der Waals surface area contributed by atoms with Gasteiger partial charge in [-0.1, -0.05) is 24.3 Å². The van der Waals surface area contributed by atoms with Crippen molar-refractivity contribution in [3.63, 3.8) is 0 Å². The molecule has 2 nitrogen and oxygen atoms in total. The molecule has 0 aromatic heterocycles. The Labute approximate surface area is 85.2 Å². The van der Waals surface area contributed by atoms with Crippen LogP contribution in [0.5, 0.6) is 0 Å². The van der Waals surface area contributed by atoms with E-state index in [9.17, 15) is 5.11 Å². The van der Waals surface area contributed by atoms with Gasteiger partial charge in [0.25, 0.3) is 0 Å². The minimum absolute atomic E-state index is 0.507. The number of hydrogen-bond donors (Lipinski definition) is 1. The number of aliphatic hydroxyl groups is 1. The molecule has 76 valence electrons. The fraction of sp³-hybridized carbons (Fsp3) is 0.500. The standard InChI is InChI=1S/C12H17NO/c1-13(2)9-10-5-3-4-6-11(10)12(14)7-8-12/h3-6,14H,7-9H2,1-2H3. The SMILES string of the molecule is CN(C)Cc1ccccc1C1(O)CC1. The lowest BCUT2D eigenvalue weighted by atomic mass is 10.0. The predicted octanol–water partition coefficient (Wildman–Crippen LogP) is 1.73. The van der Waals surface area contributed by atoms with Crippen molar-refractivity contribution in [2.45, 2.75) is 25.0 Å². The summed E-state index contributed by atoms with van der Waals surface area (Å²) in [7, 11) is 4.10. The molecule has 1 aromatic rings. The van der Waals surface area contributed by atoms with Gasteiger partial charge in [0, 0.05) is 6.54 Å². The summed E-state index contributed by atoms with van der Waals surface area (Å²) in [6, 6.07) is 8.19. The first-order chi connectivity index (χ1) is 6.62. The molecule has 0 spiro atoms. The van der Waals surface area contributed by atoms with Crippen LogP contribution in [0.3, 0.4) is 0 Å². The lowest BCUT2D eigenvalue weighted by molar-refractivity contribution is 0.149. The average molecular weight is 191 g/mol. The van der Waals surface area contributed by atoms with Gasteiger partial charge in [-0.15, -0.1) is 0 Å². The minimum Gasteiger partial charge on any atom is -0.385 e. The van der Waals surface area contributed by atoms with Crippen LogP contribution in [0.2, 0.25) is 0 Å². The van der Waals surface area contributed by atoms with Crippen LogP contribution < -0.4 is 0 Å². The summed E-state index contributed by atoms with van der Waals surface area (Å²) in [5.74, 6) is 0. The van der Waals surface area contributed by atoms with Crippen molar-refractivity contribution in [1.29, 1.82) is 0 Å². The zero-order valence-corrected chi connectivity index (χ0v) is 8.83. The maximum atomic E-state index is 10.1. The summed E-state index contributed by atoms with van der Waals surface area (Å²) in [5.41, 5.74) is 1.86. The van der Waals surface area contributed by atoms with Gasteiger partial charge in [0.2, 0.25) is 0 Å². The number of benzene rings is 1. The monoisotopic (exact) mass is 191 g/mol. The molecule has 1 aromatic carbocycles. The highest BCUT2D eigenvalue weighted by atomic mass is 16.3. The van der Waals surface area contributed by atoms with Gasteiger partial charge in [-0.25, -0.2) is 0 Å². The maximum Gasteiger partial charge on any atom is 0.0902 e. The molecule has 1 fully saturated rings. The number of nitrogens with zero attached hydrogens (tertiary/aromatic N) is 1. The molecule has 1 N–H and O–H groups in total. The molecule has 1 aliphatic carbocycles. The van der Waals surface area contributed by atoms with Gasteiger partial charge in [-0.05, 0) is 38.1 Å². The topological polar surface area (TPSA) is 23.5 Å². The Kier molecular flexibility index (Phi) is 2.33. The summed E-state index contributed by atoms with van der Waals surface area (Å²) in [5, 5.41) is 10.1. The van der Waals surface area contributed by atoms with E-state index in [-0.39, 0.29) is 0 Å². The summed E-state index contributed by atoms with van der Waals surface area (Å²) < 4.78 is 0. The van der Waals surface area contributed by atoms with Crippen molar-refractivity contribution >= 4 is 0 Å². The molecule has 0 atom stereocenters. The van der Waals surface area contributed by atoms with Crippen molar-refractivity contribution in [2.24, 2.45) is 0 Å². The number of hydrogen-bond acceptors (Lipinski definition) is 2. The highest BCUT2D eigenvalue weighted by Gasteiger charge is 2.43. The van der Waals surface area contributed by atoms with Gasteiger partial charge in [0.1, 0.15) is 0 Å². The van der Waals surface area contributed by atoms with Gasteiger partial charge >= 0.3 is 0 Å². The first-order valence-electron chi connectivity index (χ1n) is 5.07. The second-order valence-electron chi connectivity index (χ2n) is 4.43. The van der Waals surface area contributed by atoms with Crippen LogP contribution in [0.4, 0.5) is 0 Å². The molecule has 0 aliphatic heterocycles. The normalized spacial score (nSPS) is 18.6. The van der Waals surface area contributed by atoms with Crippen LogP contribution in [0.25, 0.3) is 0 Å². The average Bonchev–Trinajstić information content (AvgIpc) is 2.84. The zero-order chi connectivity index (χ0) is 10.2. The van der Waals surface area contributed by atoms with E-state index >= 15 is 0 Å². The van der Waals surface area contributed by atoms with Gasteiger partial charge in [0.05, 0.1) is 5.60 Å². The predicted molar refractivity (Wildman–Crippen MR) is 57.0 cm³/mol. The van der Waals surface area contributed by atoms with Gasteiger partial charge in [-0.2, -0.15) is 0 Å². The Balaban J connectivity index is 2.29. The maximum absolute atomic E-state index is 10.1. The highest BCUT2D eigenvalue weighted by molar-refractivity contribution is 5.35. The lowest BCUT2D eigenvalue weighted by Crippen LogP contribution is -2.15. The molecule has 1 saturated carbocycles. The quantitative estimate of drug-likeness (QED) is 0.786. The van der Waals surface area contributed by atoms with Crippen LogP contribution >= 0.6 is 0 Å². The highest BCUT2D eigenvalue weighted by Crippen LogP contribution is 2.46. The summed E-state index contributed by atoms with van der Waals surface area (Å²) in [6.07, 6.45) is 1.83. The Morgan fingerprint density at radius 3 is 2.50 bits per heavy atom. The third-order valence-electron chi connectivity index (χ3n) is 2.73. The van der Waals surface area contributed by atoms with Crippen LogP contribution in [0.1, 0.15) is 24.0 Å². The molecule has 0 saturated heterocycles. The van der Waals surface area contributed by atoms with Gasteiger partial charge in [-0.3, -0.25) is 0 Å². The Hall–Kier alpha value is -0.860. The summed E-state index contributed by atoms with van der Waals surface area (Å²) in [4.78, 5) is 2.13. The molecule has 0 amide bonds. The largest absolute Gasteiger partial charge is 0.385 e. The third-order valence-corrected chi connectivity index (χ3v) is 2.73. The van der Waals surface area contributed by atoms with Crippen LogP contribution in [0.15, 0.2) is 24.3 Å². The molecule has 2 rings (SSSR count). The molecule has 0 bridgehead atoms. The second-order valence-corrected chi connectivity index (χ2v) is 4.43. The fourth-order valence-corrected chi connectivity index (χ4v) is 1.84. The van der Waals surface area contributed by atoms with E-state index in [4.69, 9.17) is 0 Å². The van der Waals surface area contributed by atoms with Crippen molar-refractivity contribution in [3.05, 3.63) is 35.4 Å². The molecule has 0 heterocycles. The summed E-state index contributed by atoms with van der Waals surface area (Å²) in [6.45, 7) is 0.901. The van der Waals surface area contributed by atoms with E-state index < -0.39 is 5.60 Å². The number of rotatable bonds is 3. The molecule has 1 aliphatic rings. The van der Waals surface area contributed by atoms with E-state index in [0.717, 1.165) is 24.9 Å². The Morgan fingerprint density at radius 1 is 1.29 bits per heavy atom. The van der Waals surface area contributed by atoms with E-state index in [1.165, 1.54) is 5.56 Å². The Morgan fingerprint density at radius 2 is 1.93 bits per heavy atom. The summed E-state index contributed by atoms with van der Waals surface area (Å²) >= 11 is 0. The minimum atomic E-state index is -0.507. The van der Waals surface area contributed by atoms with Crippen molar-refractivity contribution < 1.29 is 5.11 Å². The molecular formula is C12H17NO. The van der Waals surface area contributed by atoms with Crippen LogP contribution in [0, 0.1) is 0 Å². The van der Waals surface area contributed by atoms with E-state index in [0.29, 0.717) is 0 Å². The second kappa shape index (κ2) is 3.37. The first kappa shape index (κ1) is 9.69. The first-order valence-corrected chi connectivity index (χ1v) is 5.07. The lowest BCUT2D eigenvalue weighted by Gasteiger charge is -2.17. The van der Waals surface area contributed by atoms with Crippen LogP contribution in [-0.2, 0) is 12.1 Å². The van der Waals surface area contributed by atoms with E-state index in [1.54, 1.807) is 0 Å². The van der Waals surface area contributed by atoms with E-state index in [1.807, 2.05) is 32.3 Å². The zero-order valence-electron chi connectivity index (χ0n) is 8.83. The van der Waals surface area contributed by atoms with Crippen LogP contribution in [-0.4, -0.2) is 24.1 Å². The van der Waals surface area contributed by atoms with Gasteiger partial charge < -0.3 is 10.0 Å². The Bertz CT molecular complexity index is 329. The molecule has 14 heavy (non-hydrogen) atoms. The van der Waals surface area contributed by atoms with E-state index in [2.05, 4.69) is 11.0 Å². The van der Waals surface area contributed by atoms with Crippen molar-refractivity contribution in [3.8, 4) is 0 Å². The van der Waals surface area contributed by atoms with Crippen molar-refractivity contribution in [2.75, 3.05) is 14.1 Å². The molecular weight excluding hydrogens is 174 g/mol.